The molecule has 3 rings (SSSR count). The summed E-state index contributed by atoms with van der Waals surface area (Å²) >= 11 is 0. The zero-order valence-corrected chi connectivity index (χ0v) is 12.6. The van der Waals surface area contributed by atoms with E-state index in [4.69, 9.17) is 0 Å². The number of nitrogens with zero attached hydrogens (tertiary/aromatic N) is 1. The lowest BCUT2D eigenvalue weighted by Crippen LogP contribution is -2.35. The van der Waals surface area contributed by atoms with Crippen LogP contribution in [0.4, 0.5) is 15.8 Å². The molecule has 6 heteroatoms. The Balaban J connectivity index is 1.68. The predicted octanol–water partition coefficient (Wildman–Crippen LogP) is 2.89. The third-order valence-corrected chi connectivity index (χ3v) is 3.89. The molecule has 2 N–H and O–H groups in total. The van der Waals surface area contributed by atoms with E-state index in [1.807, 2.05) is 6.92 Å². The normalized spacial score (nSPS) is 14.9. The van der Waals surface area contributed by atoms with Crippen molar-refractivity contribution in [1.29, 1.82) is 0 Å². The number of nitrogens with one attached hydrogen (secondary N) is 2. The monoisotopic (exact) mass is 313 g/mol. The molecule has 0 atom stereocenters. The molecule has 118 valence electrons. The lowest BCUT2D eigenvalue weighted by molar-refractivity contribution is -0.131. The minimum Gasteiger partial charge on any atom is -0.325 e. The number of carbonyl (C=O) groups excluding carboxylic acids is 2. The zero-order valence-electron chi connectivity index (χ0n) is 12.6. The molecular weight excluding hydrogens is 297 g/mol. The summed E-state index contributed by atoms with van der Waals surface area (Å²) in [7, 11) is 0. The van der Waals surface area contributed by atoms with Gasteiger partial charge in [0.2, 0.25) is 11.8 Å². The van der Waals surface area contributed by atoms with Gasteiger partial charge in [0.05, 0.1) is 11.9 Å². The van der Waals surface area contributed by atoms with Crippen molar-refractivity contribution < 1.29 is 14.0 Å². The van der Waals surface area contributed by atoms with E-state index in [0.717, 1.165) is 5.69 Å². The summed E-state index contributed by atoms with van der Waals surface area (Å²) in [5, 5.41) is 5.39. The van der Waals surface area contributed by atoms with E-state index in [1.165, 1.54) is 24.3 Å². The largest absolute Gasteiger partial charge is 0.325 e. The van der Waals surface area contributed by atoms with E-state index in [0.29, 0.717) is 24.2 Å². The standard InChI is InChI=1S/C17H16FN3O2/c1-11-2-5-14(10-19-11)21-16(23)17(8-9-17)15(22)20-13-6-3-12(18)4-7-13/h2-7,10H,8-9H2,1H3,(H,20,22)(H,21,23). The fourth-order valence-electron chi connectivity index (χ4n) is 2.26. The molecule has 5 nitrogen and oxygen atoms in total. The summed E-state index contributed by atoms with van der Waals surface area (Å²) in [5.41, 5.74) is 0.811. The zero-order chi connectivity index (χ0) is 16.4. The summed E-state index contributed by atoms with van der Waals surface area (Å²) in [4.78, 5) is 28.9. The van der Waals surface area contributed by atoms with Crippen LogP contribution < -0.4 is 10.6 Å². The van der Waals surface area contributed by atoms with Gasteiger partial charge in [0.15, 0.2) is 0 Å². The van der Waals surface area contributed by atoms with Crippen molar-refractivity contribution in [2.45, 2.75) is 19.8 Å². The van der Waals surface area contributed by atoms with Crippen LogP contribution in [-0.2, 0) is 9.59 Å². The first-order chi connectivity index (χ1) is 11.0. The maximum Gasteiger partial charge on any atom is 0.240 e. The molecule has 0 radical (unpaired) electrons. The van der Waals surface area contributed by atoms with Gasteiger partial charge >= 0.3 is 0 Å². The number of aryl methyl sites for hydroxylation is 1. The molecule has 0 aliphatic heterocycles. The number of carbonyl (C=O) groups is 2. The van der Waals surface area contributed by atoms with Crippen LogP contribution in [0.3, 0.4) is 0 Å². The van der Waals surface area contributed by atoms with Crippen LogP contribution in [0.25, 0.3) is 0 Å². The maximum atomic E-state index is 12.9. The van der Waals surface area contributed by atoms with E-state index < -0.39 is 5.41 Å². The van der Waals surface area contributed by atoms with Crippen LogP contribution in [0.1, 0.15) is 18.5 Å². The van der Waals surface area contributed by atoms with E-state index >= 15 is 0 Å². The number of anilines is 2. The van der Waals surface area contributed by atoms with Crippen molar-refractivity contribution in [3.63, 3.8) is 0 Å². The van der Waals surface area contributed by atoms with Crippen LogP contribution in [0.2, 0.25) is 0 Å². The molecular formula is C17H16FN3O2. The summed E-state index contributed by atoms with van der Waals surface area (Å²) in [6.45, 7) is 1.85. The van der Waals surface area contributed by atoms with Crippen LogP contribution in [-0.4, -0.2) is 16.8 Å². The molecule has 0 spiro atoms. The van der Waals surface area contributed by atoms with Gasteiger partial charge in [-0.3, -0.25) is 14.6 Å². The average molecular weight is 313 g/mol. The molecule has 1 aliphatic carbocycles. The number of pyridine rings is 1. The topological polar surface area (TPSA) is 71.1 Å². The smallest absolute Gasteiger partial charge is 0.240 e. The van der Waals surface area contributed by atoms with Gasteiger partial charge in [0.25, 0.3) is 0 Å². The third-order valence-electron chi connectivity index (χ3n) is 3.89. The Kier molecular flexibility index (Phi) is 3.82. The number of amides is 2. The average Bonchev–Trinajstić information content (AvgIpc) is 3.34. The number of halogens is 1. The quantitative estimate of drug-likeness (QED) is 0.853. The minimum atomic E-state index is -1.06. The van der Waals surface area contributed by atoms with Crippen LogP contribution >= 0.6 is 0 Å². The first-order valence-corrected chi connectivity index (χ1v) is 7.31. The second kappa shape index (κ2) is 5.79. The highest BCUT2D eigenvalue weighted by Crippen LogP contribution is 2.47. The van der Waals surface area contributed by atoms with E-state index in [2.05, 4.69) is 15.6 Å². The maximum absolute atomic E-state index is 12.9. The fourth-order valence-corrected chi connectivity index (χ4v) is 2.26. The fraction of sp³-hybridized carbons (Fsp3) is 0.235. The molecule has 23 heavy (non-hydrogen) atoms. The van der Waals surface area contributed by atoms with Crippen LogP contribution in [0, 0.1) is 18.2 Å². The number of aromatic nitrogens is 1. The summed E-state index contributed by atoms with van der Waals surface area (Å²) in [6.07, 6.45) is 2.54. The van der Waals surface area contributed by atoms with Gasteiger partial charge < -0.3 is 10.6 Å². The van der Waals surface area contributed by atoms with Crippen molar-refractivity contribution >= 4 is 23.2 Å². The van der Waals surface area contributed by atoms with E-state index in [1.54, 1.807) is 18.3 Å². The van der Waals surface area contributed by atoms with Crippen molar-refractivity contribution in [2.24, 2.45) is 5.41 Å². The highest BCUT2D eigenvalue weighted by molar-refractivity contribution is 6.16. The number of benzene rings is 1. The van der Waals surface area contributed by atoms with Gasteiger partial charge in [0.1, 0.15) is 11.2 Å². The van der Waals surface area contributed by atoms with Crippen molar-refractivity contribution in [3.05, 3.63) is 54.1 Å². The Morgan fingerprint density at radius 1 is 1.00 bits per heavy atom. The predicted molar refractivity (Wildman–Crippen MR) is 84.3 cm³/mol. The van der Waals surface area contributed by atoms with Gasteiger partial charge in [-0.15, -0.1) is 0 Å². The van der Waals surface area contributed by atoms with E-state index in [-0.39, 0.29) is 17.6 Å². The van der Waals surface area contributed by atoms with E-state index in [9.17, 15) is 14.0 Å². The first kappa shape index (κ1) is 15.1. The van der Waals surface area contributed by atoms with Crippen LogP contribution in [0.5, 0.6) is 0 Å². The van der Waals surface area contributed by atoms with Crippen molar-refractivity contribution in [2.75, 3.05) is 10.6 Å². The number of hydrogen-bond donors (Lipinski definition) is 2. The number of rotatable bonds is 4. The Morgan fingerprint density at radius 2 is 1.57 bits per heavy atom. The molecule has 2 aromatic rings. The van der Waals surface area contributed by atoms with Crippen LogP contribution in [0.15, 0.2) is 42.6 Å². The summed E-state index contributed by atoms with van der Waals surface area (Å²) in [5.74, 6) is -1.10. The molecule has 0 bridgehead atoms. The number of hydrogen-bond acceptors (Lipinski definition) is 3. The lowest BCUT2D eigenvalue weighted by atomic mass is 10.0. The SMILES string of the molecule is Cc1ccc(NC(=O)C2(C(=O)Nc3ccc(F)cc3)CC2)cn1. The Hall–Kier alpha value is -2.76. The Labute approximate surface area is 132 Å². The van der Waals surface area contributed by atoms with Crippen molar-refractivity contribution in [3.8, 4) is 0 Å². The van der Waals surface area contributed by atoms with Gasteiger partial charge in [-0.2, -0.15) is 0 Å². The molecule has 1 aromatic carbocycles. The highest BCUT2D eigenvalue weighted by atomic mass is 19.1. The molecule has 0 unspecified atom stereocenters. The minimum absolute atomic E-state index is 0.345. The van der Waals surface area contributed by atoms with Gasteiger partial charge in [-0.25, -0.2) is 4.39 Å². The lowest BCUT2D eigenvalue weighted by Gasteiger charge is -2.15. The van der Waals surface area contributed by atoms with Gasteiger partial charge in [-0.1, -0.05) is 0 Å². The highest BCUT2D eigenvalue weighted by Gasteiger charge is 2.56. The molecule has 1 aliphatic rings. The van der Waals surface area contributed by atoms with Crippen molar-refractivity contribution in [1.82, 2.24) is 4.98 Å². The third kappa shape index (κ3) is 3.21. The summed E-state index contributed by atoms with van der Waals surface area (Å²) in [6, 6.07) is 8.97. The Bertz CT molecular complexity index is 676. The second-order valence-corrected chi connectivity index (χ2v) is 5.69. The molecule has 1 saturated carbocycles. The van der Waals surface area contributed by atoms with Gasteiger partial charge in [-0.05, 0) is 56.2 Å². The summed E-state index contributed by atoms with van der Waals surface area (Å²) < 4.78 is 12.9. The molecule has 1 aromatic heterocycles. The molecule has 2 amide bonds. The first-order valence-electron chi connectivity index (χ1n) is 7.31. The molecule has 1 heterocycles. The molecule has 1 fully saturated rings. The Morgan fingerprint density at radius 3 is 2.09 bits per heavy atom. The molecule has 0 saturated heterocycles. The van der Waals surface area contributed by atoms with Gasteiger partial charge in [0, 0.05) is 11.4 Å². The second-order valence-electron chi connectivity index (χ2n) is 5.69.